The van der Waals surface area contributed by atoms with Gasteiger partial charge >= 0.3 is 5.37 Å². The molecule has 0 aliphatic heterocycles. The van der Waals surface area contributed by atoms with Gasteiger partial charge in [0, 0.05) is 11.9 Å². The van der Waals surface area contributed by atoms with E-state index < -0.39 is 5.37 Å². The third kappa shape index (κ3) is 6.05. The summed E-state index contributed by atoms with van der Waals surface area (Å²) >= 11 is 10.4. The van der Waals surface area contributed by atoms with Crippen LogP contribution in [-0.4, -0.2) is 17.3 Å². The van der Waals surface area contributed by atoms with E-state index in [4.69, 9.17) is 23.2 Å². The molecule has 0 aliphatic carbocycles. The van der Waals surface area contributed by atoms with Crippen LogP contribution < -0.4 is 5.32 Å². The lowest BCUT2D eigenvalue weighted by Gasteiger charge is -1.99. The first-order valence-electron chi connectivity index (χ1n) is 2.20. The van der Waals surface area contributed by atoms with Crippen molar-refractivity contribution in [3.8, 4) is 0 Å². The van der Waals surface area contributed by atoms with Crippen molar-refractivity contribution in [2.75, 3.05) is 6.54 Å². The highest BCUT2D eigenvalue weighted by atomic mass is 35.5. The predicted octanol–water partition coefficient (Wildman–Crippen LogP) is 1.56. The molecule has 0 rings (SSSR count). The lowest BCUT2D eigenvalue weighted by Crippen LogP contribution is -2.23. The molecule has 1 unspecified atom stereocenters. The van der Waals surface area contributed by atoms with Crippen molar-refractivity contribution in [3.05, 3.63) is 0 Å². The van der Waals surface area contributed by atoms with Gasteiger partial charge in [-0.05, 0) is 18.5 Å². The first-order valence-corrected chi connectivity index (χ1v) is 3.01. The number of amides is 1. The fourth-order valence-electron chi connectivity index (χ4n) is 0.221. The van der Waals surface area contributed by atoms with Crippen LogP contribution in [0.2, 0.25) is 0 Å². The van der Waals surface area contributed by atoms with E-state index in [-0.39, 0.29) is 5.38 Å². The minimum atomic E-state index is -0.558. The molecule has 48 valence electrons. The van der Waals surface area contributed by atoms with Gasteiger partial charge in [-0.1, -0.05) is 0 Å². The van der Waals surface area contributed by atoms with Crippen molar-refractivity contribution in [3.63, 3.8) is 0 Å². The number of rotatable bonds is 2. The van der Waals surface area contributed by atoms with E-state index in [9.17, 15) is 4.79 Å². The van der Waals surface area contributed by atoms with Crippen molar-refractivity contribution in [2.24, 2.45) is 0 Å². The molecule has 0 heterocycles. The summed E-state index contributed by atoms with van der Waals surface area (Å²) in [5, 5.41) is 1.72. The second-order valence-corrected chi connectivity index (χ2v) is 2.52. The normalized spacial score (nSPS) is 12.9. The molecule has 0 saturated carbocycles. The Labute approximate surface area is 58.2 Å². The Balaban J connectivity index is 3.05. The summed E-state index contributed by atoms with van der Waals surface area (Å²) in [6.45, 7) is 2.19. The number of nitrogens with one attached hydrogen (secondary N) is 1. The largest absolute Gasteiger partial charge is 0.341 e. The maximum atomic E-state index is 9.94. The summed E-state index contributed by atoms with van der Waals surface area (Å²) in [6, 6.07) is 0. The highest BCUT2D eigenvalue weighted by Crippen LogP contribution is 1.89. The topological polar surface area (TPSA) is 29.1 Å². The highest BCUT2D eigenvalue weighted by Gasteiger charge is 1.96. The second kappa shape index (κ2) is 3.98. The van der Waals surface area contributed by atoms with Crippen LogP contribution in [0.3, 0.4) is 0 Å². The first-order chi connectivity index (χ1) is 3.63. The zero-order chi connectivity index (χ0) is 6.57. The molecule has 4 heteroatoms. The van der Waals surface area contributed by atoms with Gasteiger partial charge in [0.15, 0.2) is 0 Å². The Kier molecular flexibility index (Phi) is 4.01. The monoisotopic (exact) mass is 155 g/mol. The van der Waals surface area contributed by atoms with Gasteiger partial charge in [-0.25, -0.2) is 0 Å². The zero-order valence-electron chi connectivity index (χ0n) is 4.45. The average Bonchev–Trinajstić information content (AvgIpc) is 1.61. The summed E-state index contributed by atoms with van der Waals surface area (Å²) < 4.78 is 0. The van der Waals surface area contributed by atoms with Crippen molar-refractivity contribution >= 4 is 28.6 Å². The quantitative estimate of drug-likeness (QED) is 0.367. The van der Waals surface area contributed by atoms with E-state index in [1.807, 2.05) is 0 Å². The van der Waals surface area contributed by atoms with E-state index in [1.165, 1.54) is 0 Å². The van der Waals surface area contributed by atoms with Crippen molar-refractivity contribution in [2.45, 2.75) is 12.3 Å². The average molecular weight is 156 g/mol. The maximum absolute atomic E-state index is 9.94. The van der Waals surface area contributed by atoms with E-state index in [0.29, 0.717) is 6.54 Å². The predicted molar refractivity (Wildman–Crippen MR) is 34.6 cm³/mol. The Morgan fingerprint density at radius 3 is 2.50 bits per heavy atom. The van der Waals surface area contributed by atoms with Crippen LogP contribution in [0.1, 0.15) is 6.92 Å². The third-order valence-corrected chi connectivity index (χ3v) is 0.810. The molecule has 0 aliphatic rings. The van der Waals surface area contributed by atoms with Gasteiger partial charge in [0.05, 0.1) is 0 Å². The van der Waals surface area contributed by atoms with E-state index in [0.717, 1.165) is 0 Å². The van der Waals surface area contributed by atoms with Gasteiger partial charge in [-0.15, -0.1) is 11.6 Å². The maximum Gasteiger partial charge on any atom is 0.313 e. The number of carbonyl (C=O) groups excluding carboxylic acids is 1. The summed E-state index contributed by atoms with van der Waals surface area (Å²) in [5.74, 6) is 0. The summed E-state index contributed by atoms with van der Waals surface area (Å²) in [7, 11) is 0. The molecule has 0 radical (unpaired) electrons. The summed E-state index contributed by atoms with van der Waals surface area (Å²) in [4.78, 5) is 9.94. The molecule has 0 aromatic rings. The highest BCUT2D eigenvalue weighted by molar-refractivity contribution is 6.62. The van der Waals surface area contributed by atoms with Crippen LogP contribution in [0.25, 0.3) is 0 Å². The number of carbonyl (C=O) groups is 1. The molecule has 8 heavy (non-hydrogen) atoms. The van der Waals surface area contributed by atoms with Crippen LogP contribution in [0.4, 0.5) is 4.79 Å². The smallest absolute Gasteiger partial charge is 0.313 e. The van der Waals surface area contributed by atoms with Crippen molar-refractivity contribution < 1.29 is 4.79 Å². The van der Waals surface area contributed by atoms with Crippen LogP contribution in [0.5, 0.6) is 0 Å². The Hall–Kier alpha value is 0.0500. The minimum Gasteiger partial charge on any atom is -0.341 e. The SMILES string of the molecule is CC(Cl)CNC(=O)Cl. The number of alkyl halides is 1. The molecule has 1 atom stereocenters. The first kappa shape index (κ1) is 8.05. The molecule has 0 saturated heterocycles. The van der Waals surface area contributed by atoms with Gasteiger partial charge in [-0.2, -0.15) is 0 Å². The molecule has 2 nitrogen and oxygen atoms in total. The molecule has 1 N–H and O–H groups in total. The summed E-state index contributed by atoms with van der Waals surface area (Å²) in [6.07, 6.45) is 0. The van der Waals surface area contributed by atoms with Gasteiger partial charge in [0.25, 0.3) is 0 Å². The number of halogens is 2. The molecule has 1 amide bonds. The molecule has 0 aromatic carbocycles. The van der Waals surface area contributed by atoms with Gasteiger partial charge in [-0.3, -0.25) is 4.79 Å². The molecule has 0 fully saturated rings. The Morgan fingerprint density at radius 1 is 1.88 bits per heavy atom. The van der Waals surface area contributed by atoms with Gasteiger partial charge < -0.3 is 5.32 Å². The van der Waals surface area contributed by atoms with Crippen LogP contribution >= 0.6 is 23.2 Å². The molecule has 0 aromatic heterocycles. The second-order valence-electron chi connectivity index (χ2n) is 1.44. The van der Waals surface area contributed by atoms with Crippen LogP contribution in [0.15, 0.2) is 0 Å². The standard InChI is InChI=1S/C4H7Cl2NO/c1-3(5)2-7-4(6)8/h3H,2H2,1H3,(H,7,8). The molecule has 0 spiro atoms. The third-order valence-electron chi connectivity index (χ3n) is 0.522. The number of hydrogen-bond acceptors (Lipinski definition) is 1. The minimum absolute atomic E-state index is 0.0577. The zero-order valence-corrected chi connectivity index (χ0v) is 5.96. The van der Waals surface area contributed by atoms with E-state index in [2.05, 4.69) is 5.32 Å². The molecular formula is C4H7Cl2NO. The number of hydrogen-bond donors (Lipinski definition) is 1. The Bertz CT molecular complexity index is 84.1. The fraction of sp³-hybridized carbons (Fsp3) is 0.750. The van der Waals surface area contributed by atoms with Crippen LogP contribution in [0, 0.1) is 0 Å². The molecular weight excluding hydrogens is 149 g/mol. The van der Waals surface area contributed by atoms with E-state index >= 15 is 0 Å². The lowest BCUT2D eigenvalue weighted by atomic mass is 10.5. The fourth-order valence-corrected chi connectivity index (χ4v) is 0.375. The van der Waals surface area contributed by atoms with E-state index in [1.54, 1.807) is 6.92 Å². The lowest BCUT2D eigenvalue weighted by molar-refractivity contribution is 0.260. The van der Waals surface area contributed by atoms with Crippen molar-refractivity contribution in [1.82, 2.24) is 5.32 Å². The van der Waals surface area contributed by atoms with Gasteiger partial charge in [0.2, 0.25) is 0 Å². The van der Waals surface area contributed by atoms with Crippen LogP contribution in [-0.2, 0) is 0 Å². The Morgan fingerprint density at radius 2 is 2.38 bits per heavy atom. The van der Waals surface area contributed by atoms with Gasteiger partial charge in [0.1, 0.15) is 0 Å². The van der Waals surface area contributed by atoms with Crippen molar-refractivity contribution in [1.29, 1.82) is 0 Å². The summed E-state index contributed by atoms with van der Waals surface area (Å²) in [5.41, 5.74) is 0. The molecule has 0 bridgehead atoms.